The number of halogens is 2. The maximum atomic E-state index is 6.20. The minimum atomic E-state index is 0.127. The molecule has 0 radical (unpaired) electrons. The van der Waals surface area contributed by atoms with Gasteiger partial charge in [-0.1, -0.05) is 29.8 Å². The first kappa shape index (κ1) is 10.8. The molecule has 1 aliphatic carbocycles. The Hall–Kier alpha value is -0.320. The molecule has 86 valence electrons. The molecule has 2 fully saturated rings. The zero-order valence-corrected chi connectivity index (χ0v) is 10.2. The van der Waals surface area contributed by atoms with Gasteiger partial charge >= 0.3 is 0 Å². The van der Waals surface area contributed by atoms with Crippen LogP contribution in [0.5, 0.6) is 0 Å². The Balaban J connectivity index is 1.86. The van der Waals surface area contributed by atoms with Gasteiger partial charge in [0, 0.05) is 16.6 Å². The molecule has 16 heavy (non-hydrogen) atoms. The summed E-state index contributed by atoms with van der Waals surface area (Å²) in [7, 11) is 0. The van der Waals surface area contributed by atoms with Crippen molar-refractivity contribution in [3.05, 3.63) is 34.9 Å². The summed E-state index contributed by atoms with van der Waals surface area (Å²) >= 11 is 12.3. The maximum Gasteiger partial charge on any atom is 0.102 e. The summed E-state index contributed by atoms with van der Waals surface area (Å²) in [4.78, 5) is 0. The third-order valence-corrected chi connectivity index (χ3v) is 3.89. The second kappa shape index (κ2) is 4.17. The predicted octanol–water partition coefficient (Wildman–Crippen LogP) is 2.09. The van der Waals surface area contributed by atoms with Crippen LogP contribution in [-0.2, 0) is 0 Å². The first-order valence-electron chi connectivity index (χ1n) is 5.41. The number of hydrogen-bond acceptors (Lipinski definition) is 3. The highest BCUT2D eigenvalue weighted by atomic mass is 35.5. The molecule has 3 atom stereocenters. The van der Waals surface area contributed by atoms with Crippen molar-refractivity contribution in [1.82, 2.24) is 15.8 Å². The van der Waals surface area contributed by atoms with E-state index < -0.39 is 0 Å². The van der Waals surface area contributed by atoms with E-state index in [0.717, 1.165) is 23.7 Å². The summed E-state index contributed by atoms with van der Waals surface area (Å²) in [6.07, 6.45) is 1.17. The quantitative estimate of drug-likeness (QED) is 0.795. The van der Waals surface area contributed by atoms with Crippen LogP contribution in [0.25, 0.3) is 0 Å². The highest BCUT2D eigenvalue weighted by molar-refractivity contribution is 6.31. The van der Waals surface area contributed by atoms with Crippen molar-refractivity contribution in [3.63, 3.8) is 0 Å². The Kier molecular flexibility index (Phi) is 2.81. The van der Waals surface area contributed by atoms with E-state index in [4.69, 9.17) is 23.2 Å². The largest absolute Gasteiger partial charge is 0.283 e. The van der Waals surface area contributed by atoms with E-state index in [9.17, 15) is 0 Å². The van der Waals surface area contributed by atoms with E-state index in [1.807, 2.05) is 24.3 Å². The average Bonchev–Trinajstić information content (AvgIpc) is 2.82. The van der Waals surface area contributed by atoms with Crippen molar-refractivity contribution in [3.8, 4) is 0 Å². The molecule has 2 N–H and O–H groups in total. The number of alkyl halides is 1. The number of nitrogens with zero attached hydrogens (tertiary/aromatic N) is 1. The van der Waals surface area contributed by atoms with Crippen molar-refractivity contribution < 1.29 is 0 Å². The van der Waals surface area contributed by atoms with Crippen LogP contribution in [0.2, 0.25) is 5.02 Å². The van der Waals surface area contributed by atoms with Gasteiger partial charge in [0.15, 0.2) is 0 Å². The summed E-state index contributed by atoms with van der Waals surface area (Å²) in [6.45, 7) is 0.760. The Morgan fingerprint density at radius 2 is 2.06 bits per heavy atom. The van der Waals surface area contributed by atoms with E-state index in [0.29, 0.717) is 6.04 Å². The Bertz CT molecular complexity index is 399. The molecule has 3 nitrogen and oxygen atoms in total. The maximum absolute atomic E-state index is 6.20. The summed E-state index contributed by atoms with van der Waals surface area (Å²) in [6, 6.07) is 8.33. The first-order valence-corrected chi connectivity index (χ1v) is 6.22. The van der Waals surface area contributed by atoms with E-state index in [1.54, 1.807) is 0 Å². The van der Waals surface area contributed by atoms with E-state index in [1.165, 1.54) is 0 Å². The van der Waals surface area contributed by atoms with Crippen LogP contribution >= 0.6 is 23.2 Å². The van der Waals surface area contributed by atoms with Crippen LogP contribution in [0.15, 0.2) is 24.3 Å². The zero-order valence-electron chi connectivity index (χ0n) is 8.66. The molecular formula is C11H13Cl2N3. The van der Waals surface area contributed by atoms with Crippen LogP contribution in [-0.4, -0.2) is 23.1 Å². The third-order valence-electron chi connectivity index (χ3n) is 3.07. The van der Waals surface area contributed by atoms with Crippen molar-refractivity contribution in [1.29, 1.82) is 0 Å². The normalized spacial score (nSPS) is 34.2. The molecule has 3 rings (SSSR count). The smallest absolute Gasteiger partial charge is 0.102 e. The predicted molar refractivity (Wildman–Crippen MR) is 65.2 cm³/mol. The fourth-order valence-electron chi connectivity index (χ4n) is 2.13. The van der Waals surface area contributed by atoms with E-state index in [-0.39, 0.29) is 11.5 Å². The molecular weight excluding hydrogens is 245 g/mol. The molecule has 1 saturated carbocycles. The van der Waals surface area contributed by atoms with Gasteiger partial charge in [-0.2, -0.15) is 0 Å². The van der Waals surface area contributed by atoms with Crippen molar-refractivity contribution in [2.45, 2.75) is 24.0 Å². The fourth-order valence-corrected chi connectivity index (χ4v) is 2.67. The second-order valence-electron chi connectivity index (χ2n) is 4.19. The topological polar surface area (TPSA) is 27.3 Å². The first-order chi connectivity index (χ1) is 7.77. The van der Waals surface area contributed by atoms with Gasteiger partial charge < -0.3 is 0 Å². The minimum Gasteiger partial charge on any atom is -0.283 e. The van der Waals surface area contributed by atoms with Crippen LogP contribution in [0.3, 0.4) is 0 Å². The van der Waals surface area contributed by atoms with E-state index in [2.05, 4.69) is 15.8 Å². The van der Waals surface area contributed by atoms with Gasteiger partial charge in [-0.25, -0.2) is 10.4 Å². The Morgan fingerprint density at radius 1 is 1.31 bits per heavy atom. The highest BCUT2D eigenvalue weighted by Gasteiger charge is 2.45. The standard InChI is InChI=1S/C11H13Cl2N3/c12-8-4-2-1-3-7(8)11-14-6-15-16(11)10-5-9(10)13/h1-4,9-11,14-15H,5-6H2. The fraction of sp³-hybridized carbons (Fsp3) is 0.455. The van der Waals surface area contributed by atoms with Gasteiger partial charge in [0.05, 0.1) is 12.0 Å². The molecule has 1 heterocycles. The molecule has 0 aromatic heterocycles. The van der Waals surface area contributed by atoms with Gasteiger partial charge in [0.1, 0.15) is 6.17 Å². The minimum absolute atomic E-state index is 0.127. The lowest BCUT2D eigenvalue weighted by Gasteiger charge is -2.24. The second-order valence-corrected chi connectivity index (χ2v) is 5.16. The molecule has 0 bridgehead atoms. The molecule has 1 aromatic rings. The van der Waals surface area contributed by atoms with Gasteiger partial charge in [-0.05, 0) is 12.5 Å². The summed E-state index contributed by atoms with van der Waals surface area (Å²) in [5, 5.41) is 6.61. The molecule has 0 spiro atoms. The number of benzene rings is 1. The number of hydrazine groups is 1. The molecule has 1 aliphatic heterocycles. The monoisotopic (exact) mass is 257 g/mol. The average molecular weight is 258 g/mol. The molecule has 0 amide bonds. The summed E-state index contributed by atoms with van der Waals surface area (Å²) < 4.78 is 0. The molecule has 1 aromatic carbocycles. The van der Waals surface area contributed by atoms with E-state index >= 15 is 0 Å². The van der Waals surface area contributed by atoms with Gasteiger partial charge in [-0.3, -0.25) is 5.32 Å². The van der Waals surface area contributed by atoms with Gasteiger partial charge in [0.25, 0.3) is 0 Å². The van der Waals surface area contributed by atoms with Crippen molar-refractivity contribution in [2.75, 3.05) is 6.67 Å². The number of hydrogen-bond donors (Lipinski definition) is 2. The lowest BCUT2D eigenvalue weighted by Crippen LogP contribution is -2.36. The van der Waals surface area contributed by atoms with Crippen LogP contribution in [0.1, 0.15) is 18.2 Å². The molecule has 2 aliphatic rings. The van der Waals surface area contributed by atoms with Crippen LogP contribution in [0, 0.1) is 0 Å². The third kappa shape index (κ3) is 1.83. The summed E-state index contributed by atoms with van der Waals surface area (Å²) in [5.74, 6) is 0. The van der Waals surface area contributed by atoms with Crippen molar-refractivity contribution in [2.24, 2.45) is 0 Å². The molecule has 5 heteroatoms. The summed E-state index contributed by atoms with van der Waals surface area (Å²) in [5.41, 5.74) is 4.41. The molecule has 1 saturated heterocycles. The highest BCUT2D eigenvalue weighted by Crippen LogP contribution is 2.38. The lowest BCUT2D eigenvalue weighted by atomic mass is 10.1. The van der Waals surface area contributed by atoms with Gasteiger partial charge in [-0.15, -0.1) is 11.6 Å². The van der Waals surface area contributed by atoms with Gasteiger partial charge in [0.2, 0.25) is 0 Å². The zero-order chi connectivity index (χ0) is 11.1. The Morgan fingerprint density at radius 3 is 2.75 bits per heavy atom. The van der Waals surface area contributed by atoms with Crippen LogP contribution in [0.4, 0.5) is 0 Å². The van der Waals surface area contributed by atoms with Crippen molar-refractivity contribution >= 4 is 23.2 Å². The van der Waals surface area contributed by atoms with Crippen LogP contribution < -0.4 is 10.7 Å². The molecule has 3 unspecified atom stereocenters. The Labute approximate surface area is 105 Å². The number of rotatable bonds is 2. The number of nitrogens with one attached hydrogen (secondary N) is 2. The SMILES string of the molecule is Clc1ccccc1C1NCNN1C1CC1Cl. The lowest BCUT2D eigenvalue weighted by molar-refractivity contribution is 0.171.